The largest absolute Gasteiger partial charge is 0.798 e. The zero-order valence-corrected chi connectivity index (χ0v) is 14.8. The number of nitrogens with zero attached hydrogens (tertiary/aromatic N) is 2. The lowest BCUT2D eigenvalue weighted by atomic mass is 10.0. The van der Waals surface area contributed by atoms with Gasteiger partial charge in [0.2, 0.25) is 5.43 Å². The molecule has 2 aromatic rings. The van der Waals surface area contributed by atoms with Crippen molar-refractivity contribution in [2.45, 2.75) is 25.0 Å². The Bertz CT molecular complexity index is 1020. The first kappa shape index (κ1) is 18.7. The minimum absolute atomic E-state index is 0.0737. The number of halogens is 3. The van der Waals surface area contributed by atoms with Crippen molar-refractivity contribution in [1.82, 2.24) is 4.57 Å². The third kappa shape index (κ3) is 2.99. The molecule has 11 heteroatoms. The summed E-state index contributed by atoms with van der Waals surface area (Å²) in [4.78, 5) is 26.3. The molecule has 0 spiro atoms. The maximum absolute atomic E-state index is 14.8. The molecule has 7 nitrogen and oxygen atoms in total. The van der Waals surface area contributed by atoms with E-state index in [-0.39, 0.29) is 41.5 Å². The molecule has 0 atom stereocenters. The third-order valence-corrected chi connectivity index (χ3v) is 4.94. The number of carbonyl (C=O) groups is 1. The number of rotatable bonds is 5. The maximum Gasteiger partial charge on any atom is 0.798 e. The third-order valence-electron chi connectivity index (χ3n) is 4.94. The lowest BCUT2D eigenvalue weighted by Crippen LogP contribution is -2.51. The number of anilines is 1. The summed E-state index contributed by atoms with van der Waals surface area (Å²) in [5.41, 5.74) is -1.11. The van der Waals surface area contributed by atoms with Crippen molar-refractivity contribution in [1.29, 1.82) is 0 Å². The average Bonchev–Trinajstić information content (AvgIpc) is 3.43. The van der Waals surface area contributed by atoms with E-state index in [1.165, 1.54) is 13.3 Å². The highest BCUT2D eigenvalue weighted by Gasteiger charge is 2.35. The number of carbonyl (C=O) groups excluding carboxylic acids is 1. The fourth-order valence-electron chi connectivity index (χ4n) is 3.50. The van der Waals surface area contributed by atoms with E-state index in [0.29, 0.717) is 0 Å². The van der Waals surface area contributed by atoms with Crippen LogP contribution in [0.5, 0.6) is 5.75 Å². The summed E-state index contributed by atoms with van der Waals surface area (Å²) >= 11 is 0. The van der Waals surface area contributed by atoms with Gasteiger partial charge in [-0.3, -0.25) is 4.79 Å². The Morgan fingerprint density at radius 1 is 1.32 bits per heavy atom. The number of β-amino-alcohol motifs (C(OH)–C–C–N with tert-alkyl or cyclic N) is 1. The highest BCUT2D eigenvalue weighted by atomic mass is 19.2. The lowest BCUT2D eigenvalue weighted by Gasteiger charge is -2.39. The van der Waals surface area contributed by atoms with E-state index in [0.717, 1.165) is 18.9 Å². The molecule has 1 N–H and O–H groups in total. The molecule has 1 aromatic heterocycles. The highest BCUT2D eigenvalue weighted by molar-refractivity contribution is 6.38. The smallest absolute Gasteiger partial charge is 0.492 e. The second-order valence-corrected chi connectivity index (χ2v) is 6.87. The molecule has 2 aliphatic rings. The summed E-state index contributed by atoms with van der Waals surface area (Å²) in [6.45, 7) is 0.427. The van der Waals surface area contributed by atoms with Crippen LogP contribution in [-0.4, -0.2) is 49.4 Å². The quantitative estimate of drug-likeness (QED) is 0.776. The van der Waals surface area contributed by atoms with Gasteiger partial charge in [-0.15, -0.1) is 0 Å². The summed E-state index contributed by atoms with van der Waals surface area (Å²) in [6, 6.07) is 0.897. The van der Waals surface area contributed by atoms with E-state index >= 15 is 0 Å². The summed E-state index contributed by atoms with van der Waals surface area (Å²) in [7, 11) is -2.04. The first-order valence-corrected chi connectivity index (χ1v) is 8.69. The van der Waals surface area contributed by atoms with Crippen LogP contribution in [0.15, 0.2) is 17.1 Å². The predicted molar refractivity (Wildman–Crippen MR) is 94.6 cm³/mol. The summed E-state index contributed by atoms with van der Waals surface area (Å²) in [5, 5.41) is 9.38. The number of fused-ring (bicyclic) bond motifs is 1. The van der Waals surface area contributed by atoms with Crippen molar-refractivity contribution in [3.8, 4) is 5.75 Å². The fraction of sp³-hybridized carbons (Fsp3) is 0.412. The van der Waals surface area contributed by atoms with Crippen LogP contribution < -0.4 is 15.1 Å². The lowest BCUT2D eigenvalue weighted by molar-refractivity contribution is 0.0693. The number of aliphatic hydroxyl groups is 1. The first-order chi connectivity index (χ1) is 13.3. The maximum atomic E-state index is 14.8. The molecule has 1 aliphatic heterocycles. The molecule has 0 radical (unpaired) electrons. The molecule has 2 heterocycles. The van der Waals surface area contributed by atoms with E-state index in [1.807, 2.05) is 0 Å². The Morgan fingerprint density at radius 3 is 2.54 bits per heavy atom. The van der Waals surface area contributed by atoms with E-state index in [1.54, 1.807) is 9.47 Å². The van der Waals surface area contributed by atoms with Gasteiger partial charge >= 0.3 is 13.4 Å². The van der Waals surface area contributed by atoms with Gasteiger partial charge in [0.05, 0.1) is 24.1 Å². The predicted octanol–water partition coefficient (Wildman–Crippen LogP) is 1.75. The Balaban J connectivity index is 1.97. The molecular weight excluding hydrogens is 380 g/mol. The second-order valence-electron chi connectivity index (χ2n) is 6.87. The molecule has 0 unspecified atom stereocenters. The van der Waals surface area contributed by atoms with Gasteiger partial charge in [-0.2, -0.15) is 0 Å². The minimum Gasteiger partial charge on any atom is -0.492 e. The molecule has 1 saturated carbocycles. The van der Waals surface area contributed by atoms with Crippen molar-refractivity contribution in [3.63, 3.8) is 0 Å². The fourth-order valence-corrected chi connectivity index (χ4v) is 3.50. The van der Waals surface area contributed by atoms with E-state index in [4.69, 9.17) is 4.74 Å². The monoisotopic (exact) mass is 396 g/mol. The van der Waals surface area contributed by atoms with Gasteiger partial charge in [0, 0.05) is 25.3 Å². The SMILES string of the molecule is COc1c(N2CC(O)C2)c(F)cc2c(=O)c(C(=O)OB(F)F)cn(C3CC3)c12. The summed E-state index contributed by atoms with van der Waals surface area (Å²) < 4.78 is 50.6. The van der Waals surface area contributed by atoms with Gasteiger partial charge in [-0.25, -0.2) is 17.8 Å². The summed E-state index contributed by atoms with van der Waals surface area (Å²) in [6.07, 6.45) is 2.08. The topological polar surface area (TPSA) is 81.0 Å². The van der Waals surface area contributed by atoms with Crippen molar-refractivity contribution in [2.24, 2.45) is 0 Å². The number of hydrogen-bond acceptors (Lipinski definition) is 6. The van der Waals surface area contributed by atoms with Crippen LogP contribution in [0.1, 0.15) is 29.2 Å². The van der Waals surface area contributed by atoms with Gasteiger partial charge in [0.15, 0.2) is 11.6 Å². The van der Waals surface area contributed by atoms with Crippen molar-refractivity contribution in [2.75, 3.05) is 25.1 Å². The molecule has 0 amide bonds. The molecule has 28 heavy (non-hydrogen) atoms. The zero-order valence-electron chi connectivity index (χ0n) is 14.8. The minimum atomic E-state index is -3.37. The average molecular weight is 396 g/mol. The highest BCUT2D eigenvalue weighted by Crippen LogP contribution is 2.44. The normalized spacial score (nSPS) is 16.8. The number of aliphatic hydroxyl groups excluding tert-OH is 1. The van der Waals surface area contributed by atoms with Crippen LogP contribution in [0.4, 0.5) is 18.7 Å². The molecule has 1 aromatic carbocycles. The Morgan fingerprint density at radius 2 is 2.00 bits per heavy atom. The van der Waals surface area contributed by atoms with E-state index in [9.17, 15) is 27.7 Å². The number of aromatic nitrogens is 1. The Kier molecular flexibility index (Phi) is 4.49. The second kappa shape index (κ2) is 6.73. The van der Waals surface area contributed by atoms with E-state index < -0.39 is 36.4 Å². The first-order valence-electron chi connectivity index (χ1n) is 8.69. The van der Waals surface area contributed by atoms with Crippen LogP contribution in [-0.2, 0) is 4.65 Å². The number of benzene rings is 1. The number of ether oxygens (including phenoxy) is 1. The van der Waals surface area contributed by atoms with Crippen molar-refractivity contribution < 1.29 is 32.3 Å². The number of hydrogen-bond donors (Lipinski definition) is 1. The molecule has 1 aliphatic carbocycles. The van der Waals surface area contributed by atoms with Gasteiger partial charge in [0.1, 0.15) is 11.3 Å². The van der Waals surface area contributed by atoms with Gasteiger partial charge in [-0.1, -0.05) is 0 Å². The molecule has 4 rings (SSSR count). The van der Waals surface area contributed by atoms with Gasteiger partial charge < -0.3 is 24.0 Å². The van der Waals surface area contributed by atoms with Crippen LogP contribution in [0.2, 0.25) is 0 Å². The Hall–Kier alpha value is -2.69. The summed E-state index contributed by atoms with van der Waals surface area (Å²) in [5.74, 6) is -2.14. The zero-order chi connectivity index (χ0) is 20.2. The van der Waals surface area contributed by atoms with Gasteiger partial charge in [-0.05, 0) is 18.9 Å². The van der Waals surface area contributed by atoms with Crippen molar-refractivity contribution in [3.05, 3.63) is 33.9 Å². The van der Waals surface area contributed by atoms with Crippen LogP contribution >= 0.6 is 0 Å². The van der Waals surface area contributed by atoms with Crippen LogP contribution in [0.3, 0.4) is 0 Å². The van der Waals surface area contributed by atoms with E-state index in [2.05, 4.69) is 4.65 Å². The molecular formula is C17H16BF3N2O5. The van der Waals surface area contributed by atoms with Crippen LogP contribution in [0.25, 0.3) is 10.9 Å². The van der Waals surface area contributed by atoms with Crippen molar-refractivity contribution >= 4 is 30.0 Å². The number of methoxy groups -OCH3 is 1. The van der Waals surface area contributed by atoms with Crippen LogP contribution in [0, 0.1) is 5.82 Å². The molecule has 1 saturated heterocycles. The molecule has 0 bridgehead atoms. The molecule has 148 valence electrons. The molecule has 2 fully saturated rings. The van der Waals surface area contributed by atoms with Gasteiger partial charge in [0.25, 0.3) is 0 Å². The Labute approximate surface area is 157 Å². The number of pyridine rings is 1. The standard InChI is InChI=1S/C17H16BF3N2O5/c1-27-16-13-10(4-12(19)14(16)22-5-9(24)6-22)15(25)11(17(26)28-18(20)21)7-23(13)8-2-3-8/h4,7-9,24H,2-3,5-6H2,1H3.